The molecule has 0 fully saturated rings. The number of hydrazone groups is 1. The smallest absolute Gasteiger partial charge is 0.279 e. The van der Waals surface area contributed by atoms with E-state index in [1.54, 1.807) is 25.3 Å². The second-order valence-corrected chi connectivity index (χ2v) is 9.27. The van der Waals surface area contributed by atoms with Gasteiger partial charge in [0.1, 0.15) is 5.69 Å². The lowest BCUT2D eigenvalue weighted by molar-refractivity contribution is -0.384. The third-order valence-corrected chi connectivity index (χ3v) is 6.28. The Hall–Kier alpha value is -3.72. The molecule has 3 aromatic carbocycles. The van der Waals surface area contributed by atoms with Crippen LogP contribution in [0.4, 0.5) is 17.1 Å². The van der Waals surface area contributed by atoms with Crippen LogP contribution >= 0.6 is 0 Å². The van der Waals surface area contributed by atoms with Crippen molar-refractivity contribution in [2.45, 2.75) is 32.6 Å². The molecule has 166 valence electrons. The van der Waals surface area contributed by atoms with Crippen molar-refractivity contribution in [2.75, 3.05) is 10.1 Å². The first-order valence-corrected chi connectivity index (χ1v) is 11.3. The Morgan fingerprint density at radius 2 is 1.50 bits per heavy atom. The third kappa shape index (κ3) is 5.30. The minimum absolute atomic E-state index is 0.0847. The molecule has 0 atom stereocenters. The van der Waals surface area contributed by atoms with Crippen LogP contribution in [0.15, 0.2) is 64.6 Å². The zero-order valence-corrected chi connectivity index (χ0v) is 19.0. The summed E-state index contributed by atoms with van der Waals surface area (Å²) in [6, 6.07) is 14.8. The van der Waals surface area contributed by atoms with Crippen molar-refractivity contribution in [3.8, 4) is 0 Å². The van der Waals surface area contributed by atoms with Crippen LogP contribution in [0.2, 0.25) is 0 Å². The van der Waals surface area contributed by atoms with Gasteiger partial charge in [-0.1, -0.05) is 41.5 Å². The molecule has 0 aliphatic heterocycles. The highest BCUT2D eigenvalue weighted by molar-refractivity contribution is 7.92. The van der Waals surface area contributed by atoms with Crippen LogP contribution in [0.3, 0.4) is 0 Å². The Balaban J connectivity index is 1.86. The highest BCUT2D eigenvalue weighted by Crippen LogP contribution is 2.29. The van der Waals surface area contributed by atoms with Crippen LogP contribution in [0.1, 0.15) is 27.8 Å². The molecule has 8 nitrogen and oxygen atoms in total. The van der Waals surface area contributed by atoms with Crippen molar-refractivity contribution >= 4 is 33.3 Å². The predicted molar refractivity (Wildman–Crippen MR) is 127 cm³/mol. The molecule has 0 amide bonds. The summed E-state index contributed by atoms with van der Waals surface area (Å²) in [6.07, 6.45) is 1.56. The summed E-state index contributed by atoms with van der Waals surface area (Å²) < 4.78 is 28.1. The van der Waals surface area contributed by atoms with E-state index in [1.165, 1.54) is 12.1 Å². The van der Waals surface area contributed by atoms with Crippen molar-refractivity contribution in [3.63, 3.8) is 0 Å². The molecule has 32 heavy (non-hydrogen) atoms. The van der Waals surface area contributed by atoms with Gasteiger partial charge in [0.25, 0.3) is 15.7 Å². The van der Waals surface area contributed by atoms with Crippen LogP contribution in [0.25, 0.3) is 0 Å². The average Bonchev–Trinajstić information content (AvgIpc) is 2.71. The summed E-state index contributed by atoms with van der Waals surface area (Å²) in [7, 11) is -4.02. The molecule has 0 saturated heterocycles. The van der Waals surface area contributed by atoms with Gasteiger partial charge < -0.3 is 0 Å². The minimum Gasteiger partial charge on any atom is -0.279 e. The molecule has 0 radical (unpaired) electrons. The minimum atomic E-state index is -4.02. The fourth-order valence-corrected chi connectivity index (χ4v) is 4.35. The SMILES string of the molecule is Cc1ccc(C=NNc2ccc(S(=O)(=O)Nc3ccc(C)cc3C)cc2[N+](=O)[O-])c(C)c1. The number of aryl methyl sites for hydroxylation is 4. The van der Waals surface area contributed by atoms with E-state index in [9.17, 15) is 18.5 Å². The largest absolute Gasteiger partial charge is 0.295 e. The van der Waals surface area contributed by atoms with E-state index in [1.807, 2.05) is 45.0 Å². The predicted octanol–water partition coefficient (Wildman–Crippen LogP) is 5.08. The van der Waals surface area contributed by atoms with Gasteiger partial charge in [-0.3, -0.25) is 20.3 Å². The van der Waals surface area contributed by atoms with Crippen LogP contribution in [0, 0.1) is 37.8 Å². The molecule has 3 rings (SSSR count). The fourth-order valence-electron chi connectivity index (χ4n) is 3.20. The Kier molecular flexibility index (Phi) is 6.59. The molecule has 0 spiro atoms. The van der Waals surface area contributed by atoms with Gasteiger partial charge in [-0.05, 0) is 62.6 Å². The zero-order valence-electron chi connectivity index (χ0n) is 18.2. The Labute approximate surface area is 187 Å². The van der Waals surface area contributed by atoms with Gasteiger partial charge in [0, 0.05) is 6.07 Å². The summed E-state index contributed by atoms with van der Waals surface area (Å²) >= 11 is 0. The molecule has 3 aromatic rings. The number of nitro benzene ring substituents is 1. The van der Waals surface area contributed by atoms with Gasteiger partial charge in [0.15, 0.2) is 0 Å². The van der Waals surface area contributed by atoms with E-state index < -0.39 is 20.6 Å². The lowest BCUT2D eigenvalue weighted by atomic mass is 10.1. The number of rotatable bonds is 7. The second-order valence-electron chi connectivity index (χ2n) is 7.59. The molecule has 0 aromatic heterocycles. The van der Waals surface area contributed by atoms with E-state index in [2.05, 4.69) is 15.2 Å². The fraction of sp³-hybridized carbons (Fsp3) is 0.174. The normalized spacial score (nSPS) is 11.5. The van der Waals surface area contributed by atoms with Gasteiger partial charge in [-0.2, -0.15) is 5.10 Å². The molecule has 0 saturated carbocycles. The first-order chi connectivity index (χ1) is 15.1. The maximum Gasteiger partial charge on any atom is 0.295 e. The van der Waals surface area contributed by atoms with Crippen LogP contribution in [0.5, 0.6) is 0 Å². The van der Waals surface area contributed by atoms with Crippen LogP contribution in [-0.2, 0) is 10.0 Å². The molecule has 0 aliphatic carbocycles. The van der Waals surface area contributed by atoms with Crippen molar-refractivity contribution in [1.29, 1.82) is 0 Å². The quantitative estimate of drug-likeness (QED) is 0.295. The van der Waals surface area contributed by atoms with Gasteiger partial charge in [-0.25, -0.2) is 8.42 Å². The molecular formula is C23H24N4O4S. The van der Waals surface area contributed by atoms with E-state index in [4.69, 9.17) is 0 Å². The van der Waals surface area contributed by atoms with Gasteiger partial charge in [-0.15, -0.1) is 0 Å². The summed E-state index contributed by atoms with van der Waals surface area (Å²) in [6.45, 7) is 7.62. The van der Waals surface area contributed by atoms with Crippen LogP contribution < -0.4 is 10.1 Å². The van der Waals surface area contributed by atoms with E-state index in [-0.39, 0.29) is 10.6 Å². The maximum absolute atomic E-state index is 12.8. The molecule has 0 aliphatic rings. The number of nitro groups is 1. The monoisotopic (exact) mass is 452 g/mol. The first kappa shape index (κ1) is 23.0. The number of hydrogen-bond acceptors (Lipinski definition) is 6. The summed E-state index contributed by atoms with van der Waals surface area (Å²) in [4.78, 5) is 10.7. The number of sulfonamides is 1. The summed E-state index contributed by atoms with van der Waals surface area (Å²) in [5.74, 6) is 0. The Bertz CT molecular complexity index is 1320. The number of benzene rings is 3. The highest BCUT2D eigenvalue weighted by Gasteiger charge is 2.22. The first-order valence-electron chi connectivity index (χ1n) is 9.81. The lowest BCUT2D eigenvalue weighted by Crippen LogP contribution is -2.14. The standard InChI is InChI=1S/C23H24N4O4S/c1-15-5-7-19(17(3)11-15)14-24-25-22-10-8-20(13-23(22)27(28)29)32(30,31)26-21-9-6-16(2)12-18(21)4/h5-14,25-26H,1-4H3. The molecule has 0 heterocycles. The van der Waals surface area contributed by atoms with E-state index in [0.29, 0.717) is 5.69 Å². The van der Waals surface area contributed by atoms with Gasteiger partial charge >= 0.3 is 0 Å². The van der Waals surface area contributed by atoms with Crippen molar-refractivity contribution < 1.29 is 13.3 Å². The number of hydrogen-bond donors (Lipinski definition) is 2. The Morgan fingerprint density at radius 3 is 2.12 bits per heavy atom. The van der Waals surface area contributed by atoms with E-state index in [0.717, 1.165) is 33.9 Å². The molecule has 0 bridgehead atoms. The summed E-state index contributed by atoms with van der Waals surface area (Å²) in [5, 5.41) is 15.7. The van der Waals surface area contributed by atoms with Crippen LogP contribution in [-0.4, -0.2) is 19.6 Å². The van der Waals surface area contributed by atoms with Crippen molar-refractivity contribution in [3.05, 3.63) is 92.5 Å². The number of nitrogens with zero attached hydrogens (tertiary/aromatic N) is 2. The van der Waals surface area contributed by atoms with Gasteiger partial charge in [0.05, 0.1) is 21.7 Å². The average molecular weight is 453 g/mol. The number of anilines is 2. The lowest BCUT2D eigenvalue weighted by Gasteiger charge is -2.12. The van der Waals surface area contributed by atoms with Crippen molar-refractivity contribution in [1.82, 2.24) is 0 Å². The maximum atomic E-state index is 12.8. The zero-order chi connectivity index (χ0) is 23.5. The molecule has 2 N–H and O–H groups in total. The molecule has 0 unspecified atom stereocenters. The van der Waals surface area contributed by atoms with Crippen molar-refractivity contribution in [2.24, 2.45) is 5.10 Å². The topological polar surface area (TPSA) is 114 Å². The number of nitrogens with one attached hydrogen (secondary N) is 2. The van der Waals surface area contributed by atoms with E-state index >= 15 is 0 Å². The highest BCUT2D eigenvalue weighted by atomic mass is 32.2. The van der Waals surface area contributed by atoms with Gasteiger partial charge in [0.2, 0.25) is 0 Å². The molecular weight excluding hydrogens is 428 g/mol. The third-order valence-electron chi connectivity index (χ3n) is 4.92. The summed E-state index contributed by atoms with van der Waals surface area (Å²) in [5.41, 5.74) is 7.50. The second kappa shape index (κ2) is 9.19. The molecule has 9 heteroatoms. The Morgan fingerprint density at radius 1 is 0.875 bits per heavy atom.